The molecule has 3 aromatic carbocycles. The minimum Gasteiger partial charge on any atom is -0.496 e. The first-order valence-corrected chi connectivity index (χ1v) is 11.6. The Labute approximate surface area is 201 Å². The summed E-state index contributed by atoms with van der Waals surface area (Å²) in [6.45, 7) is 3.99. The average molecular weight is 463 g/mol. The summed E-state index contributed by atoms with van der Waals surface area (Å²) < 4.78 is 11.3. The van der Waals surface area contributed by atoms with Crippen LogP contribution in [0.25, 0.3) is 0 Å². The summed E-state index contributed by atoms with van der Waals surface area (Å²) in [5.41, 5.74) is 6.61. The Balaban J connectivity index is 1.42. The number of aliphatic hydroxyl groups excluding tert-OH is 1. The first kappa shape index (κ1) is 23.2. The molecule has 1 unspecified atom stereocenters. The molecule has 0 bridgehead atoms. The van der Waals surface area contributed by atoms with Gasteiger partial charge >= 0.3 is 0 Å². The van der Waals surface area contributed by atoms with Gasteiger partial charge < -0.3 is 24.8 Å². The fourth-order valence-electron chi connectivity index (χ4n) is 4.01. The molecule has 33 heavy (non-hydrogen) atoms. The lowest BCUT2D eigenvalue weighted by atomic mass is 9.95. The van der Waals surface area contributed by atoms with Gasteiger partial charge in [-0.05, 0) is 72.1 Å². The van der Waals surface area contributed by atoms with E-state index in [1.807, 2.05) is 42.5 Å². The van der Waals surface area contributed by atoms with Crippen molar-refractivity contribution in [1.29, 1.82) is 0 Å². The number of methoxy groups -OCH3 is 1. The molecule has 1 aliphatic rings. The van der Waals surface area contributed by atoms with Crippen LogP contribution >= 0.6 is 12.2 Å². The van der Waals surface area contributed by atoms with Gasteiger partial charge in [-0.2, -0.15) is 0 Å². The van der Waals surface area contributed by atoms with Gasteiger partial charge in [0.25, 0.3) is 0 Å². The van der Waals surface area contributed by atoms with Crippen molar-refractivity contribution in [3.8, 4) is 5.75 Å². The van der Waals surface area contributed by atoms with Crippen LogP contribution in [0, 0.1) is 6.92 Å². The molecular weight excluding hydrogens is 432 g/mol. The quantitative estimate of drug-likeness (QED) is 0.387. The molecule has 0 aliphatic carbocycles. The molecule has 0 spiro atoms. The molecule has 1 atom stereocenters. The number of hydrogen-bond acceptors (Lipinski definition) is 4. The van der Waals surface area contributed by atoms with E-state index in [0.717, 1.165) is 35.5 Å². The highest BCUT2D eigenvalue weighted by Gasteiger charge is 2.22. The molecule has 4 rings (SSSR count). The summed E-state index contributed by atoms with van der Waals surface area (Å²) in [6.07, 6.45) is 0.325. The van der Waals surface area contributed by atoms with Crippen LogP contribution in [-0.4, -0.2) is 35.1 Å². The summed E-state index contributed by atoms with van der Waals surface area (Å²) in [5.74, 6) is 0.782. The molecule has 2 N–H and O–H groups in total. The Bertz CT molecular complexity index is 1090. The zero-order valence-corrected chi connectivity index (χ0v) is 19.9. The average Bonchev–Trinajstić information content (AvgIpc) is 2.84. The van der Waals surface area contributed by atoms with Crippen LogP contribution in [0.1, 0.15) is 27.8 Å². The minimum absolute atomic E-state index is 0.356. The van der Waals surface area contributed by atoms with Crippen molar-refractivity contribution in [1.82, 2.24) is 4.90 Å². The Kier molecular flexibility index (Phi) is 7.60. The second-order valence-corrected chi connectivity index (χ2v) is 8.74. The van der Waals surface area contributed by atoms with Gasteiger partial charge in [-0.1, -0.05) is 48.0 Å². The number of thiocarbonyl (C=S) groups is 1. The molecule has 0 fully saturated rings. The van der Waals surface area contributed by atoms with Gasteiger partial charge in [0.05, 0.1) is 13.7 Å². The maximum absolute atomic E-state index is 10.5. The highest BCUT2D eigenvalue weighted by molar-refractivity contribution is 7.80. The van der Waals surface area contributed by atoms with Crippen molar-refractivity contribution in [3.05, 3.63) is 94.5 Å². The number of fused-ring (bicyclic) bond motifs is 1. The van der Waals surface area contributed by atoms with E-state index in [1.54, 1.807) is 7.11 Å². The number of nitrogens with zero attached hydrogens (tertiary/aromatic N) is 1. The van der Waals surface area contributed by atoms with Gasteiger partial charge in [0.2, 0.25) is 0 Å². The van der Waals surface area contributed by atoms with E-state index in [0.29, 0.717) is 24.7 Å². The molecule has 0 aromatic heterocycles. The highest BCUT2D eigenvalue weighted by atomic mass is 32.1. The Hall–Kier alpha value is -2.93. The summed E-state index contributed by atoms with van der Waals surface area (Å²) >= 11 is 5.68. The van der Waals surface area contributed by atoms with Gasteiger partial charge in [0, 0.05) is 25.2 Å². The van der Waals surface area contributed by atoms with Crippen LogP contribution in [-0.2, 0) is 30.7 Å². The third-order valence-corrected chi connectivity index (χ3v) is 6.24. The normalized spacial score (nSPS) is 13.8. The fourth-order valence-corrected chi connectivity index (χ4v) is 4.29. The lowest BCUT2D eigenvalue weighted by Crippen LogP contribution is -2.38. The molecule has 0 saturated carbocycles. The number of benzene rings is 3. The predicted octanol–water partition coefficient (Wildman–Crippen LogP) is 4.84. The monoisotopic (exact) mass is 462 g/mol. The zero-order valence-electron chi connectivity index (χ0n) is 19.1. The number of aliphatic hydroxyl groups is 1. The van der Waals surface area contributed by atoms with Crippen LogP contribution in [0.3, 0.4) is 0 Å². The second kappa shape index (κ2) is 10.8. The van der Waals surface area contributed by atoms with E-state index >= 15 is 0 Å². The van der Waals surface area contributed by atoms with E-state index in [4.69, 9.17) is 21.7 Å². The molecule has 3 aromatic rings. The van der Waals surface area contributed by atoms with Crippen molar-refractivity contribution in [3.63, 3.8) is 0 Å². The summed E-state index contributed by atoms with van der Waals surface area (Å²) in [4.78, 5) is 2.18. The van der Waals surface area contributed by atoms with E-state index < -0.39 is 6.29 Å². The third-order valence-electron chi connectivity index (χ3n) is 5.88. The highest BCUT2D eigenvalue weighted by Crippen LogP contribution is 2.29. The van der Waals surface area contributed by atoms with Crippen molar-refractivity contribution in [2.45, 2.75) is 39.2 Å². The van der Waals surface area contributed by atoms with Crippen LogP contribution in [0.5, 0.6) is 5.75 Å². The van der Waals surface area contributed by atoms with Crippen LogP contribution in [0.15, 0.2) is 66.7 Å². The lowest BCUT2D eigenvalue weighted by Gasteiger charge is -2.32. The largest absolute Gasteiger partial charge is 0.496 e. The number of anilines is 1. The van der Waals surface area contributed by atoms with E-state index in [1.165, 1.54) is 16.7 Å². The van der Waals surface area contributed by atoms with Gasteiger partial charge in [-0.3, -0.25) is 0 Å². The van der Waals surface area contributed by atoms with Gasteiger partial charge in [-0.15, -0.1) is 0 Å². The number of nitrogens with one attached hydrogen (secondary N) is 1. The van der Waals surface area contributed by atoms with Gasteiger partial charge in [0.15, 0.2) is 11.4 Å². The fraction of sp³-hybridized carbons (Fsp3) is 0.296. The molecular formula is C27H30N2O3S. The Morgan fingerprint density at radius 1 is 1.09 bits per heavy atom. The van der Waals surface area contributed by atoms with Crippen molar-refractivity contribution < 1.29 is 14.6 Å². The number of aryl methyl sites for hydroxylation is 1. The van der Waals surface area contributed by atoms with Crippen LogP contribution in [0.2, 0.25) is 0 Å². The molecule has 5 nitrogen and oxygen atoms in total. The smallest absolute Gasteiger partial charge is 0.173 e. The van der Waals surface area contributed by atoms with E-state index in [-0.39, 0.29) is 0 Å². The van der Waals surface area contributed by atoms with Crippen molar-refractivity contribution in [2.75, 3.05) is 19.0 Å². The third kappa shape index (κ3) is 6.11. The second-order valence-electron chi connectivity index (χ2n) is 8.36. The predicted molar refractivity (Wildman–Crippen MR) is 135 cm³/mol. The Morgan fingerprint density at radius 3 is 2.58 bits per heavy atom. The number of hydrogen-bond donors (Lipinski definition) is 2. The SMILES string of the molecule is COc1cc2c(cc1CC(O)OCc1ccccc1)CN(C(=S)Nc1ccc(C)cc1)CC2. The zero-order chi connectivity index (χ0) is 23.2. The first-order valence-electron chi connectivity index (χ1n) is 11.2. The Morgan fingerprint density at radius 2 is 1.85 bits per heavy atom. The van der Waals surface area contributed by atoms with Crippen LogP contribution < -0.4 is 10.1 Å². The molecule has 0 amide bonds. The van der Waals surface area contributed by atoms with Crippen molar-refractivity contribution in [2.24, 2.45) is 0 Å². The summed E-state index contributed by atoms with van der Waals surface area (Å²) in [5, 5.41) is 14.6. The first-order chi connectivity index (χ1) is 16.0. The molecule has 1 aliphatic heterocycles. The number of rotatable bonds is 7. The summed E-state index contributed by atoms with van der Waals surface area (Å²) in [6, 6.07) is 22.3. The minimum atomic E-state index is -0.916. The molecule has 172 valence electrons. The lowest BCUT2D eigenvalue weighted by molar-refractivity contribution is -0.106. The molecule has 0 radical (unpaired) electrons. The van der Waals surface area contributed by atoms with E-state index in [9.17, 15) is 5.11 Å². The van der Waals surface area contributed by atoms with Gasteiger partial charge in [0.1, 0.15) is 5.75 Å². The number of ether oxygens (including phenoxy) is 2. The van der Waals surface area contributed by atoms with Crippen LogP contribution in [0.4, 0.5) is 5.69 Å². The van der Waals surface area contributed by atoms with E-state index in [2.05, 4.69) is 41.4 Å². The standard InChI is InChI=1S/C27H30N2O3S/c1-19-8-10-24(11-9-19)28-27(33)29-13-12-21-15-25(31-2)22(14-23(21)17-29)16-26(30)32-18-20-6-4-3-5-7-20/h3-11,14-15,26,30H,12-13,16-18H2,1-2H3,(H,28,33). The molecule has 1 heterocycles. The van der Waals surface area contributed by atoms with Crippen molar-refractivity contribution >= 4 is 23.0 Å². The summed E-state index contributed by atoms with van der Waals surface area (Å²) in [7, 11) is 1.66. The maximum Gasteiger partial charge on any atom is 0.173 e. The maximum atomic E-state index is 10.5. The topological polar surface area (TPSA) is 54.0 Å². The molecule has 6 heteroatoms. The molecule has 0 saturated heterocycles. The van der Waals surface area contributed by atoms with Gasteiger partial charge in [-0.25, -0.2) is 0 Å².